The number of hydrogen-bond donors (Lipinski definition) is 1. The maximum absolute atomic E-state index is 11.9. The molecule has 0 aromatic heterocycles. The molecule has 2 aromatic rings. The Morgan fingerprint density at radius 2 is 1.89 bits per heavy atom. The van der Waals surface area contributed by atoms with Crippen molar-refractivity contribution in [2.75, 3.05) is 26.6 Å². The molecule has 4 rings (SSSR count). The number of carbonyl (C=O) groups is 1. The zero-order valence-electron chi connectivity index (χ0n) is 15.1. The second-order valence-electron chi connectivity index (χ2n) is 6.74. The van der Waals surface area contributed by atoms with Gasteiger partial charge in [-0.25, -0.2) is 0 Å². The van der Waals surface area contributed by atoms with Crippen LogP contribution >= 0.6 is 0 Å². The number of hydrogen-bond acceptors (Lipinski definition) is 5. The zero-order chi connectivity index (χ0) is 18.5. The molecule has 27 heavy (non-hydrogen) atoms. The Morgan fingerprint density at radius 1 is 1.07 bits per heavy atom. The highest BCUT2D eigenvalue weighted by Gasteiger charge is 2.16. The van der Waals surface area contributed by atoms with E-state index in [-0.39, 0.29) is 25.4 Å². The molecule has 6 heteroatoms. The Hall–Kier alpha value is -2.73. The van der Waals surface area contributed by atoms with E-state index in [9.17, 15) is 4.79 Å². The molecule has 2 aliphatic rings. The summed E-state index contributed by atoms with van der Waals surface area (Å²) < 4.78 is 21.8. The first-order valence-electron chi connectivity index (χ1n) is 9.25. The van der Waals surface area contributed by atoms with Gasteiger partial charge in [0, 0.05) is 13.2 Å². The molecule has 1 unspecified atom stereocenters. The van der Waals surface area contributed by atoms with Gasteiger partial charge in [0.05, 0.1) is 6.10 Å². The Morgan fingerprint density at radius 3 is 2.70 bits per heavy atom. The van der Waals surface area contributed by atoms with E-state index in [4.69, 9.17) is 18.9 Å². The molecule has 1 atom stereocenters. The molecule has 1 fully saturated rings. The molecular weight excluding hydrogens is 346 g/mol. The van der Waals surface area contributed by atoms with E-state index in [0.29, 0.717) is 12.3 Å². The van der Waals surface area contributed by atoms with Crippen molar-refractivity contribution in [1.82, 2.24) is 5.32 Å². The van der Waals surface area contributed by atoms with E-state index in [0.717, 1.165) is 48.5 Å². The van der Waals surface area contributed by atoms with Crippen LogP contribution < -0.4 is 19.5 Å². The molecule has 2 aliphatic heterocycles. The van der Waals surface area contributed by atoms with Gasteiger partial charge < -0.3 is 24.3 Å². The molecule has 1 saturated heterocycles. The predicted octanol–water partition coefficient (Wildman–Crippen LogP) is 2.68. The maximum atomic E-state index is 11.9. The van der Waals surface area contributed by atoms with E-state index in [1.165, 1.54) is 0 Å². The third-order valence-corrected chi connectivity index (χ3v) is 4.69. The summed E-state index contributed by atoms with van der Waals surface area (Å²) >= 11 is 0. The summed E-state index contributed by atoms with van der Waals surface area (Å²) in [6, 6.07) is 13.8. The van der Waals surface area contributed by atoms with Crippen molar-refractivity contribution in [3.63, 3.8) is 0 Å². The minimum atomic E-state index is -0.130. The smallest absolute Gasteiger partial charge is 0.258 e. The number of nitrogens with one attached hydrogen (secondary N) is 1. The second-order valence-corrected chi connectivity index (χ2v) is 6.74. The van der Waals surface area contributed by atoms with Gasteiger partial charge >= 0.3 is 0 Å². The van der Waals surface area contributed by atoms with E-state index in [1.54, 1.807) is 0 Å². The van der Waals surface area contributed by atoms with Gasteiger partial charge in [0.1, 0.15) is 5.75 Å². The van der Waals surface area contributed by atoms with Gasteiger partial charge in [-0.05, 0) is 54.7 Å². The number of benzene rings is 2. The van der Waals surface area contributed by atoms with Crippen LogP contribution in [0.25, 0.3) is 0 Å². The molecule has 0 aliphatic carbocycles. The van der Waals surface area contributed by atoms with Crippen LogP contribution in [0.2, 0.25) is 0 Å². The average molecular weight is 369 g/mol. The van der Waals surface area contributed by atoms with Crippen molar-refractivity contribution < 1.29 is 23.7 Å². The number of ether oxygens (including phenoxy) is 4. The lowest BCUT2D eigenvalue weighted by Crippen LogP contribution is -2.35. The van der Waals surface area contributed by atoms with Crippen molar-refractivity contribution in [2.45, 2.75) is 25.4 Å². The molecule has 1 amide bonds. The molecule has 0 bridgehead atoms. The fourth-order valence-electron chi connectivity index (χ4n) is 3.22. The molecule has 2 aromatic carbocycles. The minimum Gasteiger partial charge on any atom is -0.484 e. The summed E-state index contributed by atoms with van der Waals surface area (Å²) in [7, 11) is 0. The van der Waals surface area contributed by atoms with Gasteiger partial charge in [0.25, 0.3) is 5.91 Å². The molecule has 6 nitrogen and oxygen atoms in total. The van der Waals surface area contributed by atoms with Crippen LogP contribution in [0.4, 0.5) is 0 Å². The maximum Gasteiger partial charge on any atom is 0.258 e. The van der Waals surface area contributed by atoms with Crippen molar-refractivity contribution in [3.05, 3.63) is 53.6 Å². The first kappa shape index (κ1) is 17.7. The lowest BCUT2D eigenvalue weighted by atomic mass is 10.0. The highest BCUT2D eigenvalue weighted by Crippen LogP contribution is 2.33. The Balaban J connectivity index is 1.24. The topological polar surface area (TPSA) is 66.0 Å². The van der Waals surface area contributed by atoms with E-state index < -0.39 is 0 Å². The molecule has 2 heterocycles. The third kappa shape index (κ3) is 4.71. The van der Waals surface area contributed by atoms with Crippen molar-refractivity contribution in [3.8, 4) is 17.2 Å². The summed E-state index contributed by atoms with van der Waals surface area (Å²) in [6.45, 7) is 1.63. The lowest BCUT2D eigenvalue weighted by molar-refractivity contribution is -0.123. The summed E-state index contributed by atoms with van der Waals surface area (Å²) in [5.41, 5.74) is 2.31. The normalized spacial score (nSPS) is 17.7. The summed E-state index contributed by atoms with van der Waals surface area (Å²) in [5.74, 6) is 2.13. The van der Waals surface area contributed by atoms with E-state index in [1.807, 2.05) is 42.5 Å². The summed E-state index contributed by atoms with van der Waals surface area (Å²) in [4.78, 5) is 11.9. The molecule has 0 saturated carbocycles. The van der Waals surface area contributed by atoms with Gasteiger partial charge in [-0.2, -0.15) is 0 Å². The summed E-state index contributed by atoms with van der Waals surface area (Å²) in [6.07, 6.45) is 3.00. The first-order chi connectivity index (χ1) is 13.3. The van der Waals surface area contributed by atoms with Gasteiger partial charge in [0.2, 0.25) is 6.79 Å². The lowest BCUT2D eigenvalue weighted by Gasteiger charge is -2.11. The van der Waals surface area contributed by atoms with Gasteiger partial charge in [-0.15, -0.1) is 0 Å². The van der Waals surface area contributed by atoms with E-state index in [2.05, 4.69) is 5.32 Å². The average Bonchev–Trinajstić information content (AvgIpc) is 3.37. The van der Waals surface area contributed by atoms with Crippen molar-refractivity contribution in [2.24, 2.45) is 0 Å². The Kier molecular flexibility index (Phi) is 5.44. The number of carbonyl (C=O) groups excluding carboxylic acids is 1. The standard InChI is InChI=1S/C21H23NO5/c23-21(22-12-18-2-1-9-24-18)13-25-17-6-3-15(4-7-17)10-16-5-8-19-20(11-16)27-14-26-19/h3-8,11,18H,1-2,9-10,12-14H2,(H,22,23). The fourth-order valence-corrected chi connectivity index (χ4v) is 3.22. The summed E-state index contributed by atoms with van der Waals surface area (Å²) in [5, 5.41) is 2.85. The second kappa shape index (κ2) is 8.31. The van der Waals surface area contributed by atoms with Crippen LogP contribution in [0.1, 0.15) is 24.0 Å². The van der Waals surface area contributed by atoms with E-state index >= 15 is 0 Å². The van der Waals surface area contributed by atoms with Crippen LogP contribution in [0, 0.1) is 0 Å². The van der Waals surface area contributed by atoms with Gasteiger partial charge in [-0.3, -0.25) is 4.79 Å². The monoisotopic (exact) mass is 369 g/mol. The van der Waals surface area contributed by atoms with Crippen LogP contribution in [0.5, 0.6) is 17.2 Å². The number of rotatable bonds is 7. The molecule has 0 spiro atoms. The van der Waals surface area contributed by atoms with Crippen molar-refractivity contribution in [1.29, 1.82) is 0 Å². The Bertz CT molecular complexity index is 784. The van der Waals surface area contributed by atoms with Crippen LogP contribution in [-0.2, 0) is 16.0 Å². The zero-order valence-corrected chi connectivity index (χ0v) is 15.1. The third-order valence-electron chi connectivity index (χ3n) is 4.69. The highest BCUT2D eigenvalue weighted by atomic mass is 16.7. The molecule has 142 valence electrons. The highest BCUT2D eigenvalue weighted by molar-refractivity contribution is 5.77. The number of fused-ring (bicyclic) bond motifs is 1. The molecule has 1 N–H and O–H groups in total. The van der Waals surface area contributed by atoms with Crippen LogP contribution in [-0.4, -0.2) is 38.6 Å². The van der Waals surface area contributed by atoms with Gasteiger partial charge in [0.15, 0.2) is 18.1 Å². The molecular formula is C21H23NO5. The van der Waals surface area contributed by atoms with Gasteiger partial charge in [-0.1, -0.05) is 18.2 Å². The quantitative estimate of drug-likeness (QED) is 0.813. The minimum absolute atomic E-state index is 0.00816. The Labute approximate surface area is 158 Å². The van der Waals surface area contributed by atoms with Crippen LogP contribution in [0.15, 0.2) is 42.5 Å². The van der Waals surface area contributed by atoms with Crippen LogP contribution in [0.3, 0.4) is 0 Å². The fraction of sp³-hybridized carbons (Fsp3) is 0.381. The first-order valence-corrected chi connectivity index (χ1v) is 9.25. The molecule has 0 radical (unpaired) electrons. The van der Waals surface area contributed by atoms with Crippen molar-refractivity contribution >= 4 is 5.91 Å². The number of amides is 1. The largest absolute Gasteiger partial charge is 0.484 e. The predicted molar refractivity (Wildman–Crippen MR) is 99.3 cm³/mol. The SMILES string of the molecule is O=C(COc1ccc(Cc2ccc3c(c2)OCO3)cc1)NCC1CCCO1.